The Bertz CT molecular complexity index is 292. The minimum absolute atomic E-state index is 0.196. The van der Waals surface area contributed by atoms with Gasteiger partial charge in [0.15, 0.2) is 0 Å². The molecule has 0 bridgehead atoms. The Morgan fingerprint density at radius 3 is 2.92 bits per heavy atom. The lowest BCUT2D eigenvalue weighted by Crippen LogP contribution is -2.04. The molecule has 2 nitrogen and oxygen atoms in total. The van der Waals surface area contributed by atoms with E-state index in [0.717, 1.165) is 6.61 Å². The van der Waals surface area contributed by atoms with Crippen molar-refractivity contribution < 1.29 is 13.9 Å². The molecular weight excluding hydrogens is 239 g/mol. The van der Waals surface area contributed by atoms with Gasteiger partial charge in [-0.1, -0.05) is 15.9 Å². The normalized spacial score (nSPS) is 20.0. The summed E-state index contributed by atoms with van der Waals surface area (Å²) in [5, 5.41) is 0. The SMILES string of the molecule is Fc1cc(Br)cc(OC[C@@H]2CO2)c1. The molecule has 0 amide bonds. The first-order valence-electron chi connectivity index (χ1n) is 3.94. The fourth-order valence-corrected chi connectivity index (χ4v) is 1.41. The zero-order valence-corrected chi connectivity index (χ0v) is 8.38. The van der Waals surface area contributed by atoms with Crippen molar-refractivity contribution in [3.63, 3.8) is 0 Å². The minimum atomic E-state index is -0.305. The van der Waals surface area contributed by atoms with Gasteiger partial charge >= 0.3 is 0 Å². The number of benzene rings is 1. The molecule has 70 valence electrons. The second-order valence-corrected chi connectivity index (χ2v) is 3.79. The van der Waals surface area contributed by atoms with Crippen LogP contribution in [-0.4, -0.2) is 19.3 Å². The zero-order valence-electron chi connectivity index (χ0n) is 6.80. The van der Waals surface area contributed by atoms with Crippen molar-refractivity contribution in [3.05, 3.63) is 28.5 Å². The van der Waals surface area contributed by atoms with E-state index in [1.54, 1.807) is 6.07 Å². The second-order valence-electron chi connectivity index (χ2n) is 2.87. The molecule has 0 radical (unpaired) electrons. The Labute approximate surface area is 83.8 Å². The number of rotatable bonds is 3. The predicted molar refractivity (Wildman–Crippen MR) is 49.3 cm³/mol. The summed E-state index contributed by atoms with van der Waals surface area (Å²) in [4.78, 5) is 0. The van der Waals surface area contributed by atoms with Crippen molar-refractivity contribution >= 4 is 15.9 Å². The summed E-state index contributed by atoms with van der Waals surface area (Å²) in [6.07, 6.45) is 0.196. The quantitative estimate of drug-likeness (QED) is 0.765. The monoisotopic (exact) mass is 246 g/mol. The second kappa shape index (κ2) is 3.64. The van der Waals surface area contributed by atoms with Gasteiger partial charge in [-0.2, -0.15) is 0 Å². The van der Waals surface area contributed by atoms with E-state index in [4.69, 9.17) is 9.47 Å². The van der Waals surface area contributed by atoms with Crippen molar-refractivity contribution in [2.24, 2.45) is 0 Å². The molecular formula is C9H8BrFO2. The molecule has 1 aliphatic heterocycles. The van der Waals surface area contributed by atoms with Crippen molar-refractivity contribution in [2.75, 3.05) is 13.2 Å². The first-order valence-corrected chi connectivity index (χ1v) is 4.74. The summed E-state index contributed by atoms with van der Waals surface area (Å²) in [7, 11) is 0. The molecule has 1 atom stereocenters. The van der Waals surface area contributed by atoms with Gasteiger partial charge in [0.05, 0.1) is 6.61 Å². The number of hydrogen-bond donors (Lipinski definition) is 0. The molecule has 13 heavy (non-hydrogen) atoms. The van der Waals surface area contributed by atoms with Gasteiger partial charge in [0.25, 0.3) is 0 Å². The zero-order chi connectivity index (χ0) is 9.26. The first kappa shape index (κ1) is 8.97. The van der Waals surface area contributed by atoms with Crippen LogP contribution in [-0.2, 0) is 4.74 Å². The Morgan fingerprint density at radius 2 is 2.31 bits per heavy atom. The molecule has 2 rings (SSSR count). The Hall–Kier alpha value is -0.610. The van der Waals surface area contributed by atoms with Crippen LogP contribution in [0.4, 0.5) is 4.39 Å². The fraction of sp³-hybridized carbons (Fsp3) is 0.333. The molecule has 4 heteroatoms. The van der Waals surface area contributed by atoms with E-state index in [1.807, 2.05) is 0 Å². The Morgan fingerprint density at radius 1 is 1.54 bits per heavy atom. The van der Waals surface area contributed by atoms with E-state index in [1.165, 1.54) is 12.1 Å². The molecule has 1 saturated heterocycles. The van der Waals surface area contributed by atoms with E-state index < -0.39 is 0 Å². The van der Waals surface area contributed by atoms with Crippen LogP contribution in [0.3, 0.4) is 0 Å². The van der Waals surface area contributed by atoms with Crippen molar-refractivity contribution in [1.82, 2.24) is 0 Å². The molecule has 0 spiro atoms. The number of ether oxygens (including phenoxy) is 2. The van der Waals surface area contributed by atoms with Gasteiger partial charge in [0, 0.05) is 10.5 Å². The van der Waals surface area contributed by atoms with Crippen LogP contribution in [0.15, 0.2) is 22.7 Å². The van der Waals surface area contributed by atoms with Crippen molar-refractivity contribution in [3.8, 4) is 5.75 Å². The average Bonchev–Trinajstić information content (AvgIpc) is 2.81. The number of halogens is 2. The lowest BCUT2D eigenvalue weighted by molar-refractivity contribution is 0.262. The average molecular weight is 247 g/mol. The molecule has 1 heterocycles. The van der Waals surface area contributed by atoms with Crippen LogP contribution < -0.4 is 4.74 Å². The molecule has 1 aliphatic rings. The van der Waals surface area contributed by atoms with Gasteiger partial charge in [-0.3, -0.25) is 0 Å². The number of epoxide rings is 1. The number of hydrogen-bond acceptors (Lipinski definition) is 2. The van der Waals surface area contributed by atoms with E-state index in [2.05, 4.69) is 15.9 Å². The maximum absolute atomic E-state index is 12.8. The fourth-order valence-electron chi connectivity index (χ4n) is 0.965. The third-order valence-electron chi connectivity index (χ3n) is 1.67. The summed E-state index contributed by atoms with van der Waals surface area (Å²) in [5.41, 5.74) is 0. The van der Waals surface area contributed by atoms with E-state index >= 15 is 0 Å². The maximum Gasteiger partial charge on any atom is 0.128 e. The highest BCUT2D eigenvalue weighted by Crippen LogP contribution is 2.21. The van der Waals surface area contributed by atoms with Gasteiger partial charge in [-0.15, -0.1) is 0 Å². The highest BCUT2D eigenvalue weighted by atomic mass is 79.9. The van der Waals surface area contributed by atoms with Crippen molar-refractivity contribution in [2.45, 2.75) is 6.10 Å². The highest BCUT2D eigenvalue weighted by Gasteiger charge is 2.23. The van der Waals surface area contributed by atoms with Gasteiger partial charge in [-0.25, -0.2) is 4.39 Å². The molecule has 1 aromatic rings. The summed E-state index contributed by atoms with van der Waals surface area (Å²) in [6, 6.07) is 4.47. The third kappa shape index (κ3) is 2.67. The standard InChI is InChI=1S/C9H8BrFO2/c10-6-1-7(11)3-8(2-6)12-4-9-5-13-9/h1-3,9H,4-5H2/t9-/m1/s1. The van der Waals surface area contributed by atoms with Crippen LogP contribution >= 0.6 is 15.9 Å². The van der Waals surface area contributed by atoms with Gasteiger partial charge < -0.3 is 9.47 Å². The van der Waals surface area contributed by atoms with Crippen LogP contribution in [0, 0.1) is 5.82 Å². The molecule has 0 aromatic heterocycles. The topological polar surface area (TPSA) is 21.8 Å². The maximum atomic E-state index is 12.8. The van der Waals surface area contributed by atoms with Gasteiger partial charge in [0.1, 0.15) is 24.3 Å². The molecule has 0 saturated carbocycles. The van der Waals surface area contributed by atoms with E-state index in [-0.39, 0.29) is 11.9 Å². The van der Waals surface area contributed by atoms with Crippen LogP contribution in [0.5, 0.6) is 5.75 Å². The summed E-state index contributed by atoms with van der Waals surface area (Å²) in [5.74, 6) is 0.225. The summed E-state index contributed by atoms with van der Waals surface area (Å²) < 4.78 is 23.8. The van der Waals surface area contributed by atoms with Crippen LogP contribution in [0.2, 0.25) is 0 Å². The molecule has 1 aromatic carbocycles. The third-order valence-corrected chi connectivity index (χ3v) is 2.13. The summed E-state index contributed by atoms with van der Waals surface area (Å²) >= 11 is 3.18. The smallest absolute Gasteiger partial charge is 0.128 e. The van der Waals surface area contributed by atoms with E-state index in [0.29, 0.717) is 16.8 Å². The minimum Gasteiger partial charge on any atom is -0.491 e. The predicted octanol–water partition coefficient (Wildman–Crippen LogP) is 2.37. The van der Waals surface area contributed by atoms with Crippen LogP contribution in [0.1, 0.15) is 0 Å². The lowest BCUT2D eigenvalue weighted by Gasteiger charge is -2.04. The lowest BCUT2D eigenvalue weighted by atomic mass is 10.3. The highest BCUT2D eigenvalue weighted by molar-refractivity contribution is 9.10. The Kier molecular flexibility index (Phi) is 2.51. The van der Waals surface area contributed by atoms with Crippen molar-refractivity contribution in [1.29, 1.82) is 0 Å². The van der Waals surface area contributed by atoms with E-state index in [9.17, 15) is 4.39 Å². The molecule has 0 N–H and O–H groups in total. The molecule has 1 fully saturated rings. The van der Waals surface area contributed by atoms with Crippen LogP contribution in [0.25, 0.3) is 0 Å². The summed E-state index contributed by atoms with van der Waals surface area (Å²) in [6.45, 7) is 1.24. The molecule has 0 aliphatic carbocycles. The van der Waals surface area contributed by atoms with Gasteiger partial charge in [-0.05, 0) is 12.1 Å². The van der Waals surface area contributed by atoms with Gasteiger partial charge in [0.2, 0.25) is 0 Å². The Balaban J connectivity index is 2.01. The first-order chi connectivity index (χ1) is 6.24. The largest absolute Gasteiger partial charge is 0.491 e. The molecule has 0 unspecified atom stereocenters.